The predicted molar refractivity (Wildman–Crippen MR) is 71.6 cm³/mol. The Kier molecular flexibility index (Phi) is 4.34. The van der Waals surface area contributed by atoms with Crippen LogP contribution >= 0.6 is 11.6 Å². The fraction of sp³-hybridized carbons (Fsp3) is 0.385. The molecule has 1 amide bonds. The van der Waals surface area contributed by atoms with Crippen LogP contribution < -0.4 is 14.8 Å². The van der Waals surface area contributed by atoms with Crippen molar-refractivity contribution in [1.82, 2.24) is 5.32 Å². The molecule has 0 saturated heterocycles. The molecule has 1 aromatic rings. The highest BCUT2D eigenvalue weighted by molar-refractivity contribution is 6.32. The van der Waals surface area contributed by atoms with E-state index in [1.807, 2.05) is 0 Å². The summed E-state index contributed by atoms with van der Waals surface area (Å²) in [5.74, 6) is -0.806. The lowest BCUT2D eigenvalue weighted by Crippen LogP contribution is -2.40. The first-order chi connectivity index (χ1) is 9.52. The molecule has 1 aliphatic rings. The molecule has 1 heterocycles. The van der Waals surface area contributed by atoms with Crippen LogP contribution in [0.5, 0.6) is 11.5 Å². The highest BCUT2D eigenvalue weighted by Gasteiger charge is 2.22. The zero-order valence-corrected chi connectivity index (χ0v) is 11.6. The molecule has 0 saturated carbocycles. The van der Waals surface area contributed by atoms with E-state index in [0.717, 1.165) is 0 Å². The van der Waals surface area contributed by atoms with Crippen molar-refractivity contribution in [1.29, 1.82) is 0 Å². The number of ether oxygens (including phenoxy) is 2. The summed E-state index contributed by atoms with van der Waals surface area (Å²) in [7, 11) is 0. The molecule has 0 unspecified atom stereocenters. The Morgan fingerprint density at radius 2 is 2.10 bits per heavy atom. The number of carbonyl (C=O) groups is 2. The molecular formula is C13H14ClNO5. The first kappa shape index (κ1) is 14.5. The molecule has 0 bridgehead atoms. The second-order valence-electron chi connectivity index (χ2n) is 4.25. The lowest BCUT2D eigenvalue weighted by Gasteiger charge is -2.20. The van der Waals surface area contributed by atoms with E-state index in [2.05, 4.69) is 5.32 Å². The first-order valence-corrected chi connectivity index (χ1v) is 6.53. The second kappa shape index (κ2) is 6.00. The number of carbonyl (C=O) groups excluding carboxylic acids is 1. The fourth-order valence-corrected chi connectivity index (χ4v) is 2.09. The number of rotatable bonds is 4. The topological polar surface area (TPSA) is 84.9 Å². The number of carboxylic acid groups (broad SMARTS) is 1. The quantitative estimate of drug-likeness (QED) is 0.884. The third kappa shape index (κ3) is 2.96. The molecule has 20 heavy (non-hydrogen) atoms. The van der Waals surface area contributed by atoms with Gasteiger partial charge in [-0.1, -0.05) is 18.5 Å². The number of amides is 1. The van der Waals surface area contributed by atoms with Crippen molar-refractivity contribution in [2.24, 2.45) is 0 Å². The van der Waals surface area contributed by atoms with E-state index < -0.39 is 17.9 Å². The fourth-order valence-electron chi connectivity index (χ4n) is 1.82. The molecule has 2 N–H and O–H groups in total. The van der Waals surface area contributed by atoms with Gasteiger partial charge in [0.25, 0.3) is 5.91 Å². The molecule has 108 valence electrons. The van der Waals surface area contributed by atoms with Crippen molar-refractivity contribution in [3.8, 4) is 11.5 Å². The third-order valence-corrected chi connectivity index (χ3v) is 3.15. The Balaban J connectivity index is 2.22. The predicted octanol–water partition coefficient (Wildman–Crippen LogP) is 1.70. The molecule has 6 nitrogen and oxygen atoms in total. The Bertz CT molecular complexity index is 546. The minimum absolute atomic E-state index is 0.235. The summed E-state index contributed by atoms with van der Waals surface area (Å²) in [6.07, 6.45) is 0.291. The van der Waals surface area contributed by atoms with Crippen molar-refractivity contribution in [3.05, 3.63) is 22.7 Å². The summed E-state index contributed by atoms with van der Waals surface area (Å²) < 4.78 is 10.7. The molecule has 0 aromatic heterocycles. The van der Waals surface area contributed by atoms with E-state index >= 15 is 0 Å². The normalized spacial score (nSPS) is 14.5. The summed E-state index contributed by atoms with van der Waals surface area (Å²) in [5, 5.41) is 11.6. The van der Waals surface area contributed by atoms with Crippen LogP contribution in [0.4, 0.5) is 0 Å². The van der Waals surface area contributed by atoms with Crippen LogP contribution in [0, 0.1) is 0 Å². The van der Waals surface area contributed by atoms with Gasteiger partial charge in [-0.05, 0) is 18.6 Å². The van der Waals surface area contributed by atoms with Gasteiger partial charge >= 0.3 is 5.97 Å². The van der Waals surface area contributed by atoms with Gasteiger partial charge in [0.2, 0.25) is 0 Å². The van der Waals surface area contributed by atoms with Gasteiger partial charge in [-0.15, -0.1) is 0 Å². The van der Waals surface area contributed by atoms with E-state index in [1.165, 1.54) is 12.1 Å². The number of halogens is 1. The Hall–Kier alpha value is -1.95. The van der Waals surface area contributed by atoms with Crippen LogP contribution in [-0.4, -0.2) is 36.2 Å². The van der Waals surface area contributed by atoms with Crippen molar-refractivity contribution < 1.29 is 24.2 Å². The maximum absolute atomic E-state index is 12.0. The molecule has 0 fully saturated rings. The average molecular weight is 300 g/mol. The number of aliphatic carboxylic acids is 1. The lowest BCUT2D eigenvalue weighted by atomic mass is 10.1. The van der Waals surface area contributed by atoms with Crippen LogP contribution in [0.15, 0.2) is 12.1 Å². The molecule has 0 aliphatic carbocycles. The SMILES string of the molecule is CC[C@@H](NC(=O)c1cc(Cl)c2c(c1)OCCO2)C(=O)O. The van der Waals surface area contributed by atoms with Gasteiger partial charge in [0.1, 0.15) is 19.3 Å². The standard InChI is InChI=1S/C13H14ClNO5/c1-2-9(13(17)18)15-12(16)7-5-8(14)11-10(6-7)19-3-4-20-11/h5-6,9H,2-4H2,1H3,(H,15,16)(H,17,18)/t9-/m1/s1. The van der Waals surface area contributed by atoms with E-state index in [-0.39, 0.29) is 10.6 Å². The van der Waals surface area contributed by atoms with Crippen LogP contribution in [0.1, 0.15) is 23.7 Å². The first-order valence-electron chi connectivity index (χ1n) is 6.15. The number of fused-ring (bicyclic) bond motifs is 1. The van der Waals surface area contributed by atoms with Gasteiger partial charge in [0, 0.05) is 5.56 Å². The number of nitrogens with one attached hydrogen (secondary N) is 1. The van der Waals surface area contributed by atoms with Crippen LogP contribution in [-0.2, 0) is 4.79 Å². The molecule has 1 atom stereocenters. The summed E-state index contributed by atoms with van der Waals surface area (Å²) in [4.78, 5) is 22.9. The van der Waals surface area contributed by atoms with Crippen molar-refractivity contribution in [2.75, 3.05) is 13.2 Å². The monoisotopic (exact) mass is 299 g/mol. The largest absolute Gasteiger partial charge is 0.486 e. The van der Waals surface area contributed by atoms with Crippen molar-refractivity contribution in [3.63, 3.8) is 0 Å². The molecule has 1 aliphatic heterocycles. The molecule has 7 heteroatoms. The molecule has 1 aromatic carbocycles. The van der Waals surface area contributed by atoms with E-state index in [9.17, 15) is 9.59 Å². The Morgan fingerprint density at radius 1 is 1.40 bits per heavy atom. The molecular weight excluding hydrogens is 286 g/mol. The minimum Gasteiger partial charge on any atom is -0.486 e. The summed E-state index contributed by atoms with van der Waals surface area (Å²) in [6, 6.07) is 1.98. The number of benzene rings is 1. The van der Waals surface area contributed by atoms with Gasteiger partial charge in [0.15, 0.2) is 11.5 Å². The van der Waals surface area contributed by atoms with E-state index in [1.54, 1.807) is 6.92 Å². The average Bonchev–Trinajstić information content (AvgIpc) is 2.44. The summed E-state index contributed by atoms with van der Waals surface area (Å²) >= 11 is 6.02. The van der Waals surface area contributed by atoms with Crippen LogP contribution in [0.25, 0.3) is 0 Å². The van der Waals surface area contributed by atoms with Gasteiger partial charge in [0.05, 0.1) is 5.02 Å². The molecule has 0 radical (unpaired) electrons. The van der Waals surface area contributed by atoms with Gasteiger partial charge in [-0.3, -0.25) is 4.79 Å². The summed E-state index contributed by atoms with van der Waals surface area (Å²) in [6.45, 7) is 2.45. The maximum Gasteiger partial charge on any atom is 0.326 e. The van der Waals surface area contributed by atoms with Gasteiger partial charge < -0.3 is 19.9 Å². The highest BCUT2D eigenvalue weighted by atomic mass is 35.5. The van der Waals surface area contributed by atoms with Gasteiger partial charge in [-0.2, -0.15) is 0 Å². The highest BCUT2D eigenvalue weighted by Crippen LogP contribution is 2.38. The number of hydrogen-bond acceptors (Lipinski definition) is 4. The smallest absolute Gasteiger partial charge is 0.326 e. The Morgan fingerprint density at radius 3 is 2.75 bits per heavy atom. The summed E-state index contributed by atoms with van der Waals surface area (Å²) in [5.41, 5.74) is 0.235. The zero-order chi connectivity index (χ0) is 14.7. The third-order valence-electron chi connectivity index (χ3n) is 2.87. The number of hydrogen-bond donors (Lipinski definition) is 2. The maximum atomic E-state index is 12.0. The molecule has 0 spiro atoms. The van der Waals surface area contributed by atoms with Crippen molar-refractivity contribution in [2.45, 2.75) is 19.4 Å². The lowest BCUT2D eigenvalue weighted by molar-refractivity contribution is -0.139. The van der Waals surface area contributed by atoms with Crippen LogP contribution in [0.3, 0.4) is 0 Å². The number of carboxylic acids is 1. The Labute approximate surface area is 120 Å². The van der Waals surface area contributed by atoms with Crippen molar-refractivity contribution >= 4 is 23.5 Å². The van der Waals surface area contributed by atoms with E-state index in [0.29, 0.717) is 31.1 Å². The minimum atomic E-state index is -1.08. The molecule has 2 rings (SSSR count). The second-order valence-corrected chi connectivity index (χ2v) is 4.66. The van der Waals surface area contributed by atoms with Gasteiger partial charge in [-0.25, -0.2) is 4.79 Å². The zero-order valence-electron chi connectivity index (χ0n) is 10.8. The van der Waals surface area contributed by atoms with Crippen LogP contribution in [0.2, 0.25) is 5.02 Å². The van der Waals surface area contributed by atoms with E-state index in [4.69, 9.17) is 26.2 Å².